The topological polar surface area (TPSA) is 83.8 Å². The van der Waals surface area contributed by atoms with Gasteiger partial charge < -0.3 is 5.73 Å². The third-order valence-corrected chi connectivity index (χ3v) is 1.67. The molecule has 0 aromatic carbocycles. The number of urea groups is 1. The number of hydrogen-bond donors (Lipinski definition) is 3. The molecule has 0 aliphatic rings. The maximum Gasteiger partial charge on any atom is 0.318 e. The molecule has 0 aliphatic carbocycles. The Labute approximate surface area is 65.3 Å². The fourth-order valence-corrected chi connectivity index (χ4v) is 1.18. The first-order valence-corrected chi connectivity index (χ1v) is 3.53. The Morgan fingerprint density at radius 3 is 3.00 bits per heavy atom. The summed E-state index contributed by atoms with van der Waals surface area (Å²) in [4.78, 5) is 10.2. The van der Waals surface area contributed by atoms with Crippen molar-refractivity contribution in [1.82, 2.24) is 10.2 Å². The molecule has 0 atom stereocenters. The molecular formula is C3H4N4OS2. The second-order valence-corrected chi connectivity index (χ2v) is 3.07. The Kier molecular flexibility index (Phi) is 1.97. The van der Waals surface area contributed by atoms with Gasteiger partial charge in [0, 0.05) is 0 Å². The van der Waals surface area contributed by atoms with Crippen molar-refractivity contribution in [3.8, 4) is 0 Å². The van der Waals surface area contributed by atoms with Gasteiger partial charge in [0.15, 0.2) is 3.95 Å². The Morgan fingerprint density at radius 1 is 1.90 bits per heavy atom. The van der Waals surface area contributed by atoms with Crippen molar-refractivity contribution in [3.05, 3.63) is 3.95 Å². The minimum absolute atomic E-state index is 0.387. The lowest BCUT2D eigenvalue weighted by molar-refractivity contribution is 0.259. The van der Waals surface area contributed by atoms with Gasteiger partial charge in [0.2, 0.25) is 5.13 Å². The molecule has 0 unspecified atom stereocenters. The first-order valence-electron chi connectivity index (χ1n) is 2.30. The van der Waals surface area contributed by atoms with Gasteiger partial charge >= 0.3 is 6.03 Å². The normalized spacial score (nSPS) is 9.20. The summed E-state index contributed by atoms with van der Waals surface area (Å²) in [5.74, 6) is 0. The molecule has 0 fully saturated rings. The molecule has 5 nitrogen and oxygen atoms in total. The van der Waals surface area contributed by atoms with Crippen LogP contribution in [0.25, 0.3) is 0 Å². The molecule has 1 heterocycles. The summed E-state index contributed by atoms with van der Waals surface area (Å²) in [6.45, 7) is 0. The molecule has 0 saturated heterocycles. The lowest BCUT2D eigenvalue weighted by atomic mass is 11.0. The van der Waals surface area contributed by atoms with Crippen LogP contribution in [0.3, 0.4) is 0 Å². The number of carbonyl (C=O) groups is 1. The highest BCUT2D eigenvalue weighted by molar-refractivity contribution is 7.73. The summed E-state index contributed by atoms with van der Waals surface area (Å²) in [7, 11) is 0. The second-order valence-electron chi connectivity index (χ2n) is 1.41. The van der Waals surface area contributed by atoms with E-state index in [4.69, 9.17) is 18.0 Å². The van der Waals surface area contributed by atoms with E-state index in [1.54, 1.807) is 0 Å². The van der Waals surface area contributed by atoms with E-state index in [0.29, 0.717) is 9.09 Å². The third-order valence-electron chi connectivity index (χ3n) is 0.668. The van der Waals surface area contributed by atoms with Crippen LogP contribution in [0.5, 0.6) is 0 Å². The summed E-state index contributed by atoms with van der Waals surface area (Å²) in [5, 5.41) is 8.78. The highest BCUT2D eigenvalue weighted by Gasteiger charge is 1.97. The molecular weight excluding hydrogens is 172 g/mol. The molecule has 0 bridgehead atoms. The number of anilines is 1. The van der Waals surface area contributed by atoms with Crippen molar-refractivity contribution in [3.63, 3.8) is 0 Å². The van der Waals surface area contributed by atoms with Crippen LogP contribution in [0.15, 0.2) is 0 Å². The molecule has 10 heavy (non-hydrogen) atoms. The van der Waals surface area contributed by atoms with Gasteiger partial charge in [-0.3, -0.25) is 10.4 Å². The highest BCUT2D eigenvalue weighted by Crippen LogP contribution is 2.09. The number of amides is 2. The summed E-state index contributed by atoms with van der Waals surface area (Å²) in [6.07, 6.45) is 0. The zero-order valence-electron chi connectivity index (χ0n) is 4.75. The van der Waals surface area contributed by atoms with Crippen molar-refractivity contribution in [2.75, 3.05) is 5.32 Å². The molecule has 2 amide bonds. The van der Waals surface area contributed by atoms with Crippen LogP contribution >= 0.6 is 23.6 Å². The summed E-state index contributed by atoms with van der Waals surface area (Å²) >= 11 is 5.85. The van der Waals surface area contributed by atoms with E-state index in [1.807, 2.05) is 0 Å². The smallest absolute Gasteiger partial charge is 0.318 e. The van der Waals surface area contributed by atoms with Crippen LogP contribution in [0, 0.1) is 3.95 Å². The van der Waals surface area contributed by atoms with Gasteiger partial charge in [-0.05, 0) is 12.2 Å². The number of nitrogens with two attached hydrogens (primary N) is 1. The Bertz CT molecular complexity index is 289. The van der Waals surface area contributed by atoms with Gasteiger partial charge in [0.25, 0.3) is 0 Å². The molecule has 0 aliphatic heterocycles. The predicted octanol–water partition coefficient (Wildman–Crippen LogP) is 0.691. The number of carbonyl (C=O) groups excluding carboxylic acids is 1. The number of nitrogens with zero attached hydrogens (tertiary/aromatic N) is 1. The quantitative estimate of drug-likeness (QED) is 0.550. The number of aromatic nitrogens is 2. The number of hydrogen-bond acceptors (Lipinski definition) is 4. The highest BCUT2D eigenvalue weighted by atomic mass is 32.1. The summed E-state index contributed by atoms with van der Waals surface area (Å²) in [6, 6.07) is -0.641. The van der Waals surface area contributed by atoms with Gasteiger partial charge in [-0.1, -0.05) is 11.3 Å². The third kappa shape index (κ3) is 1.78. The summed E-state index contributed by atoms with van der Waals surface area (Å²) < 4.78 is 0.503. The van der Waals surface area contributed by atoms with E-state index >= 15 is 0 Å². The molecule has 0 radical (unpaired) electrons. The van der Waals surface area contributed by atoms with Gasteiger partial charge in [-0.15, -0.1) is 5.10 Å². The van der Waals surface area contributed by atoms with Gasteiger partial charge in [-0.2, -0.15) is 0 Å². The van der Waals surface area contributed by atoms with Crippen LogP contribution in [0.2, 0.25) is 0 Å². The monoisotopic (exact) mass is 176 g/mol. The molecule has 0 spiro atoms. The first kappa shape index (κ1) is 7.16. The number of primary amides is 1. The molecule has 1 aromatic rings. The van der Waals surface area contributed by atoms with Crippen LogP contribution in [-0.2, 0) is 0 Å². The molecule has 1 aromatic heterocycles. The zero-order valence-corrected chi connectivity index (χ0v) is 6.38. The van der Waals surface area contributed by atoms with Gasteiger partial charge in [-0.25, -0.2) is 4.79 Å². The number of H-pyrrole nitrogens is 1. The van der Waals surface area contributed by atoms with E-state index in [-0.39, 0.29) is 0 Å². The first-order chi connectivity index (χ1) is 4.68. The van der Waals surface area contributed by atoms with E-state index in [0.717, 1.165) is 11.3 Å². The largest absolute Gasteiger partial charge is 0.351 e. The maximum atomic E-state index is 10.2. The fraction of sp³-hybridized carbons (Fsp3) is 0. The van der Waals surface area contributed by atoms with E-state index in [2.05, 4.69) is 15.5 Å². The summed E-state index contributed by atoms with van der Waals surface area (Å²) in [5.41, 5.74) is 4.80. The standard InChI is InChI=1S/C3H4N4OS2/c4-1(8)5-2-6-7-3(9)10-2/h(H,7,9)(H3,4,5,6,8). The SMILES string of the molecule is NC(=O)Nc1n[nH]c(=S)s1. The number of rotatable bonds is 1. The van der Waals surface area contributed by atoms with Crippen LogP contribution < -0.4 is 11.1 Å². The lowest BCUT2D eigenvalue weighted by Crippen LogP contribution is -2.18. The van der Waals surface area contributed by atoms with Crippen molar-refractivity contribution in [2.24, 2.45) is 5.73 Å². The number of nitrogens with one attached hydrogen (secondary N) is 2. The van der Waals surface area contributed by atoms with E-state index in [9.17, 15) is 4.79 Å². The molecule has 1 rings (SSSR count). The minimum Gasteiger partial charge on any atom is -0.351 e. The average Bonchev–Trinajstić information content (AvgIpc) is 2.13. The van der Waals surface area contributed by atoms with Crippen molar-refractivity contribution < 1.29 is 4.79 Å². The lowest BCUT2D eigenvalue weighted by Gasteiger charge is -1.89. The van der Waals surface area contributed by atoms with Gasteiger partial charge in [0.1, 0.15) is 0 Å². The van der Waals surface area contributed by atoms with E-state index < -0.39 is 6.03 Å². The van der Waals surface area contributed by atoms with Crippen LogP contribution in [0.1, 0.15) is 0 Å². The van der Waals surface area contributed by atoms with Crippen molar-refractivity contribution in [2.45, 2.75) is 0 Å². The van der Waals surface area contributed by atoms with Crippen LogP contribution in [-0.4, -0.2) is 16.2 Å². The van der Waals surface area contributed by atoms with Crippen molar-refractivity contribution in [1.29, 1.82) is 0 Å². The Hall–Kier alpha value is -0.950. The zero-order chi connectivity index (χ0) is 7.56. The number of aromatic amines is 1. The van der Waals surface area contributed by atoms with Gasteiger partial charge in [0.05, 0.1) is 0 Å². The molecule has 7 heteroatoms. The Morgan fingerprint density at radius 2 is 2.60 bits per heavy atom. The minimum atomic E-state index is -0.641. The van der Waals surface area contributed by atoms with Crippen LogP contribution in [0.4, 0.5) is 9.93 Å². The van der Waals surface area contributed by atoms with E-state index in [1.165, 1.54) is 0 Å². The second kappa shape index (κ2) is 2.76. The predicted molar refractivity (Wildman–Crippen MR) is 40.5 cm³/mol. The Balaban J connectivity index is 2.76. The molecule has 4 N–H and O–H groups in total. The fourth-order valence-electron chi connectivity index (χ4n) is 0.389. The van der Waals surface area contributed by atoms with Crippen molar-refractivity contribution >= 4 is 34.7 Å². The molecule has 54 valence electrons. The maximum absolute atomic E-state index is 10.2. The average molecular weight is 176 g/mol. The molecule has 0 saturated carbocycles.